The summed E-state index contributed by atoms with van der Waals surface area (Å²) < 4.78 is 8.51. The van der Waals surface area contributed by atoms with Gasteiger partial charge in [-0.15, -0.1) is 0 Å². The highest BCUT2D eigenvalue weighted by Crippen LogP contribution is 2.54. The molecule has 4 heteroatoms. The molecule has 2 aliphatic rings. The highest BCUT2D eigenvalue weighted by atomic mass is 16.5. The van der Waals surface area contributed by atoms with Crippen molar-refractivity contribution in [2.24, 2.45) is 13.0 Å². The first-order valence-electron chi connectivity index (χ1n) is 10.2. The first kappa shape index (κ1) is 18.4. The van der Waals surface area contributed by atoms with Crippen molar-refractivity contribution in [3.63, 3.8) is 0 Å². The maximum Gasteiger partial charge on any atom is 0.127 e. The van der Waals surface area contributed by atoms with E-state index in [2.05, 4.69) is 45.8 Å². The molecule has 1 N–H and O–H groups in total. The van der Waals surface area contributed by atoms with Crippen LogP contribution in [0.25, 0.3) is 0 Å². The third-order valence-electron chi connectivity index (χ3n) is 6.90. The normalized spacial score (nSPS) is 23.2. The second kappa shape index (κ2) is 6.02. The predicted octanol–water partition coefficient (Wildman–Crippen LogP) is 4.87. The Morgan fingerprint density at radius 2 is 2.04 bits per heavy atom. The molecule has 0 amide bonds. The van der Waals surface area contributed by atoms with E-state index in [0.29, 0.717) is 11.7 Å². The number of hydrogen-bond acceptors (Lipinski definition) is 3. The number of aromatic nitrogens is 2. The Morgan fingerprint density at radius 1 is 1.30 bits per heavy atom. The number of ether oxygens (including phenoxy) is 1. The van der Waals surface area contributed by atoms with Gasteiger partial charge >= 0.3 is 0 Å². The van der Waals surface area contributed by atoms with Gasteiger partial charge in [-0.3, -0.25) is 4.68 Å². The predicted molar refractivity (Wildman–Crippen MR) is 108 cm³/mol. The van der Waals surface area contributed by atoms with Crippen LogP contribution in [0.4, 0.5) is 0 Å². The van der Waals surface area contributed by atoms with Crippen molar-refractivity contribution >= 4 is 0 Å². The molecule has 0 radical (unpaired) electrons. The fourth-order valence-electron chi connectivity index (χ4n) is 5.29. The quantitative estimate of drug-likeness (QED) is 0.840. The monoisotopic (exact) mass is 368 g/mol. The Balaban J connectivity index is 1.83. The minimum atomic E-state index is -0.273. The zero-order valence-corrected chi connectivity index (χ0v) is 17.5. The lowest BCUT2D eigenvalue weighted by Crippen LogP contribution is -2.48. The first-order valence-corrected chi connectivity index (χ1v) is 10.2. The lowest BCUT2D eigenvalue weighted by molar-refractivity contribution is 0.00512. The van der Waals surface area contributed by atoms with Gasteiger partial charge in [0.1, 0.15) is 17.1 Å². The topological polar surface area (TPSA) is 47.3 Å². The van der Waals surface area contributed by atoms with Gasteiger partial charge in [-0.1, -0.05) is 27.2 Å². The van der Waals surface area contributed by atoms with E-state index in [9.17, 15) is 5.11 Å². The van der Waals surface area contributed by atoms with Gasteiger partial charge < -0.3 is 9.84 Å². The highest BCUT2D eigenvalue weighted by molar-refractivity contribution is 5.54. The smallest absolute Gasteiger partial charge is 0.127 e. The molecule has 1 aliphatic heterocycles. The maximum absolute atomic E-state index is 11.0. The fourth-order valence-corrected chi connectivity index (χ4v) is 5.29. The fraction of sp³-hybridized carbons (Fsp3) is 0.609. The number of phenols is 1. The Morgan fingerprint density at radius 3 is 2.74 bits per heavy atom. The minimum absolute atomic E-state index is 0.0212. The van der Waals surface area contributed by atoms with E-state index in [1.165, 1.54) is 11.3 Å². The maximum atomic E-state index is 11.0. The average Bonchev–Trinajstić information content (AvgIpc) is 2.93. The minimum Gasteiger partial charge on any atom is -0.508 e. The van der Waals surface area contributed by atoms with Crippen LogP contribution in [0, 0.1) is 5.92 Å². The van der Waals surface area contributed by atoms with Gasteiger partial charge in [0.2, 0.25) is 0 Å². The molecule has 2 heterocycles. The van der Waals surface area contributed by atoms with Crippen LogP contribution in [0.3, 0.4) is 0 Å². The molecule has 2 aromatic rings. The van der Waals surface area contributed by atoms with Gasteiger partial charge in [0.25, 0.3) is 0 Å². The van der Waals surface area contributed by atoms with Crippen molar-refractivity contribution in [2.75, 3.05) is 0 Å². The molecular weight excluding hydrogens is 336 g/mol. The first-order chi connectivity index (χ1) is 12.6. The van der Waals surface area contributed by atoms with Gasteiger partial charge in [0.05, 0.1) is 6.20 Å². The summed E-state index contributed by atoms with van der Waals surface area (Å²) in [7, 11) is 2.01. The van der Waals surface area contributed by atoms with Gasteiger partial charge in [-0.2, -0.15) is 5.10 Å². The Bertz CT molecular complexity index is 879. The summed E-state index contributed by atoms with van der Waals surface area (Å²) in [5, 5.41) is 15.5. The standard InChI is InChI=1S/C23H32N2O2/c1-7-8-22(2,3)15-10-19(26)21-16-12-18-14(13-24-25(18)6)9-17(16)23(4,5)27-20(21)11-15/h10-11,13,16-17,26H,7-9,12H2,1-6H3/t16-,17-/m1/s1. The Kier molecular flexibility index (Phi) is 4.10. The Hall–Kier alpha value is -1.97. The van der Waals surface area contributed by atoms with Gasteiger partial charge in [0, 0.05) is 30.1 Å². The molecule has 1 aromatic carbocycles. The summed E-state index contributed by atoms with van der Waals surface area (Å²) in [4.78, 5) is 0. The molecule has 0 saturated carbocycles. The summed E-state index contributed by atoms with van der Waals surface area (Å²) >= 11 is 0. The van der Waals surface area contributed by atoms with Crippen molar-refractivity contribution in [1.29, 1.82) is 0 Å². The molecule has 0 saturated heterocycles. The van der Waals surface area contributed by atoms with Gasteiger partial charge in [0.15, 0.2) is 0 Å². The molecule has 27 heavy (non-hydrogen) atoms. The van der Waals surface area contributed by atoms with E-state index in [1.807, 2.05) is 24.0 Å². The van der Waals surface area contributed by atoms with E-state index in [-0.39, 0.29) is 16.9 Å². The molecule has 1 aliphatic carbocycles. The number of nitrogens with zero attached hydrogens (tertiary/aromatic N) is 2. The molecule has 0 fully saturated rings. The summed E-state index contributed by atoms with van der Waals surface area (Å²) in [6, 6.07) is 4.16. The number of benzene rings is 1. The Labute approximate surface area is 162 Å². The number of hydrogen-bond donors (Lipinski definition) is 1. The van der Waals surface area contributed by atoms with Crippen molar-refractivity contribution in [3.8, 4) is 11.5 Å². The van der Waals surface area contributed by atoms with E-state index < -0.39 is 0 Å². The molecule has 146 valence electrons. The molecule has 4 nitrogen and oxygen atoms in total. The van der Waals surface area contributed by atoms with Crippen LogP contribution in [0.15, 0.2) is 18.3 Å². The number of phenolic OH excluding ortho intramolecular Hbond substituents is 1. The van der Waals surface area contributed by atoms with Crippen LogP contribution in [-0.4, -0.2) is 20.5 Å². The van der Waals surface area contributed by atoms with Crippen LogP contribution < -0.4 is 4.74 Å². The summed E-state index contributed by atoms with van der Waals surface area (Å²) in [5.41, 5.74) is 4.50. The van der Waals surface area contributed by atoms with E-state index in [0.717, 1.165) is 42.6 Å². The zero-order valence-electron chi connectivity index (χ0n) is 17.5. The number of rotatable bonds is 3. The third kappa shape index (κ3) is 2.84. The van der Waals surface area contributed by atoms with Crippen molar-refractivity contribution in [2.45, 2.75) is 77.2 Å². The summed E-state index contributed by atoms with van der Waals surface area (Å²) in [5.74, 6) is 1.85. The van der Waals surface area contributed by atoms with Gasteiger partial charge in [-0.05, 0) is 61.8 Å². The van der Waals surface area contributed by atoms with Crippen LogP contribution in [0.1, 0.15) is 75.8 Å². The third-order valence-corrected chi connectivity index (χ3v) is 6.90. The van der Waals surface area contributed by atoms with E-state index in [4.69, 9.17) is 4.74 Å². The summed E-state index contributed by atoms with van der Waals surface area (Å²) in [6.07, 6.45) is 6.04. The van der Waals surface area contributed by atoms with Crippen LogP contribution in [0.5, 0.6) is 11.5 Å². The molecular formula is C23H32N2O2. The van der Waals surface area contributed by atoms with Crippen molar-refractivity contribution in [1.82, 2.24) is 9.78 Å². The summed E-state index contributed by atoms with van der Waals surface area (Å²) in [6.45, 7) is 11.1. The number of fused-ring (bicyclic) bond motifs is 4. The second-order valence-electron chi connectivity index (χ2n) is 9.61. The molecule has 1 aromatic heterocycles. The number of aromatic hydroxyl groups is 1. The lowest BCUT2D eigenvalue weighted by Gasteiger charge is -2.47. The van der Waals surface area contributed by atoms with E-state index >= 15 is 0 Å². The van der Waals surface area contributed by atoms with Crippen LogP contribution in [-0.2, 0) is 25.3 Å². The van der Waals surface area contributed by atoms with Crippen molar-refractivity contribution < 1.29 is 9.84 Å². The van der Waals surface area contributed by atoms with E-state index in [1.54, 1.807) is 0 Å². The zero-order chi connectivity index (χ0) is 19.6. The molecule has 2 atom stereocenters. The number of aryl methyl sites for hydroxylation is 1. The highest BCUT2D eigenvalue weighted by Gasteiger charge is 2.48. The molecule has 0 unspecified atom stereocenters. The average molecular weight is 369 g/mol. The van der Waals surface area contributed by atoms with Gasteiger partial charge in [-0.25, -0.2) is 0 Å². The second-order valence-corrected chi connectivity index (χ2v) is 9.61. The van der Waals surface area contributed by atoms with Crippen LogP contribution >= 0.6 is 0 Å². The molecule has 4 rings (SSSR count). The molecule has 0 bridgehead atoms. The molecule has 0 spiro atoms. The van der Waals surface area contributed by atoms with Crippen LogP contribution in [0.2, 0.25) is 0 Å². The largest absolute Gasteiger partial charge is 0.508 e. The lowest BCUT2D eigenvalue weighted by atomic mass is 9.65. The van der Waals surface area contributed by atoms with Crippen molar-refractivity contribution in [3.05, 3.63) is 40.7 Å². The SMILES string of the molecule is CCCC(C)(C)c1cc(O)c2c(c1)OC(C)(C)[C@@H]1Cc3cnn(C)c3C[C@@H]21.